The third kappa shape index (κ3) is 4.12. The largest absolute Gasteiger partial charge is 0.300 e. The lowest BCUT2D eigenvalue weighted by molar-refractivity contribution is -0.119. The fourth-order valence-electron chi connectivity index (χ4n) is 3.40. The Hall–Kier alpha value is -1.82. The summed E-state index contributed by atoms with van der Waals surface area (Å²) in [6.45, 7) is 5.77. The van der Waals surface area contributed by atoms with Crippen molar-refractivity contribution >= 4 is 40.7 Å². The fraction of sp³-hybridized carbons (Fsp3) is 0.286. The maximum absolute atomic E-state index is 12.3. The minimum atomic E-state index is -0.673. The zero-order valence-corrected chi connectivity index (χ0v) is 18.2. The van der Waals surface area contributed by atoms with Crippen LogP contribution in [0.15, 0.2) is 66.1 Å². The molecule has 4 nitrogen and oxygen atoms in total. The number of hydrogen-bond donors (Lipinski definition) is 0. The van der Waals surface area contributed by atoms with Crippen molar-refractivity contribution < 1.29 is 4.79 Å². The molecular weight excluding hydrogens is 413 g/mol. The summed E-state index contributed by atoms with van der Waals surface area (Å²) in [4.78, 5) is 17.4. The molecule has 0 aliphatic carbocycles. The van der Waals surface area contributed by atoms with Crippen LogP contribution in [0.25, 0.3) is 0 Å². The normalized spacial score (nSPS) is 15.6. The number of ketones is 1. The highest BCUT2D eigenvalue weighted by Gasteiger charge is 2.49. The molecule has 28 heavy (non-hydrogen) atoms. The topological polar surface area (TPSA) is 47.8 Å². The predicted octanol–water partition coefficient (Wildman–Crippen LogP) is 5.99. The van der Waals surface area contributed by atoms with E-state index in [-0.39, 0.29) is 5.78 Å². The second-order valence-electron chi connectivity index (χ2n) is 7.09. The summed E-state index contributed by atoms with van der Waals surface area (Å²) in [5, 5.41) is 5.74. The number of rotatable bonds is 7. The van der Waals surface area contributed by atoms with E-state index in [2.05, 4.69) is 17.0 Å². The molecule has 2 atom stereocenters. The summed E-state index contributed by atoms with van der Waals surface area (Å²) in [6.07, 6.45) is 3.46. The lowest BCUT2D eigenvalue weighted by Crippen LogP contribution is -2.49. The molecular formula is C21H21Cl2N3OS. The highest BCUT2D eigenvalue weighted by molar-refractivity contribution is 8.00. The average Bonchev–Trinajstić information content (AvgIpc) is 3.19. The lowest BCUT2D eigenvalue weighted by atomic mass is 9.77. The third-order valence-electron chi connectivity index (χ3n) is 5.08. The minimum Gasteiger partial charge on any atom is -0.300 e. The van der Waals surface area contributed by atoms with Crippen molar-refractivity contribution in [1.29, 1.82) is 0 Å². The molecule has 3 rings (SSSR count). The first-order chi connectivity index (χ1) is 13.2. The molecule has 0 amide bonds. The molecule has 0 spiro atoms. The summed E-state index contributed by atoms with van der Waals surface area (Å²) < 4.78 is 1.23. The number of Topliss-reactive ketones (excluding diaryl/α,β-unsaturated/α-hetero) is 1. The Balaban J connectivity index is 2.19. The maximum Gasteiger partial charge on any atom is 0.137 e. The molecule has 1 heterocycles. The highest BCUT2D eigenvalue weighted by atomic mass is 35.5. The third-order valence-corrected chi connectivity index (χ3v) is 7.17. The van der Waals surface area contributed by atoms with Gasteiger partial charge in [-0.2, -0.15) is 5.10 Å². The van der Waals surface area contributed by atoms with E-state index >= 15 is 0 Å². The zero-order chi connectivity index (χ0) is 20.4. The van der Waals surface area contributed by atoms with E-state index in [1.165, 1.54) is 6.33 Å². The van der Waals surface area contributed by atoms with Crippen LogP contribution in [0.5, 0.6) is 0 Å². The molecule has 3 aromatic rings. The van der Waals surface area contributed by atoms with Crippen molar-refractivity contribution in [3.8, 4) is 0 Å². The van der Waals surface area contributed by atoms with Crippen molar-refractivity contribution in [3.05, 3.63) is 76.8 Å². The number of aromatic nitrogens is 3. The van der Waals surface area contributed by atoms with Crippen molar-refractivity contribution in [1.82, 2.24) is 14.8 Å². The van der Waals surface area contributed by atoms with Gasteiger partial charge in [-0.1, -0.05) is 35.3 Å². The van der Waals surface area contributed by atoms with Crippen LogP contribution in [-0.2, 0) is 15.1 Å². The van der Waals surface area contributed by atoms with Crippen molar-refractivity contribution in [2.24, 2.45) is 0 Å². The number of carbonyl (C=O) groups excluding carboxylic acids is 1. The summed E-state index contributed by atoms with van der Waals surface area (Å²) in [6, 6.07) is 15.4. The van der Waals surface area contributed by atoms with Gasteiger partial charge in [0.2, 0.25) is 0 Å². The van der Waals surface area contributed by atoms with E-state index in [0.29, 0.717) is 16.5 Å². The predicted molar refractivity (Wildman–Crippen MR) is 115 cm³/mol. The fourth-order valence-corrected chi connectivity index (χ4v) is 5.04. The van der Waals surface area contributed by atoms with Crippen LogP contribution in [0, 0.1) is 0 Å². The Morgan fingerprint density at radius 3 is 2.11 bits per heavy atom. The molecule has 0 saturated heterocycles. The van der Waals surface area contributed by atoms with Crippen LogP contribution in [0.1, 0.15) is 32.8 Å². The molecule has 0 saturated carbocycles. The Kier molecular flexibility index (Phi) is 6.18. The highest BCUT2D eigenvalue weighted by Crippen LogP contribution is 2.53. The van der Waals surface area contributed by atoms with Gasteiger partial charge in [-0.15, -0.1) is 11.8 Å². The van der Waals surface area contributed by atoms with Gasteiger partial charge >= 0.3 is 0 Å². The molecule has 146 valence electrons. The van der Waals surface area contributed by atoms with Crippen LogP contribution in [-0.4, -0.2) is 20.5 Å². The molecule has 0 fully saturated rings. The van der Waals surface area contributed by atoms with Gasteiger partial charge in [0.25, 0.3) is 0 Å². The van der Waals surface area contributed by atoms with Crippen LogP contribution in [0.4, 0.5) is 0 Å². The van der Waals surface area contributed by atoms with Gasteiger partial charge in [0, 0.05) is 21.4 Å². The molecule has 0 bridgehead atoms. The van der Waals surface area contributed by atoms with E-state index in [1.54, 1.807) is 29.7 Å². The number of hydrogen-bond acceptors (Lipinski definition) is 4. The first-order valence-electron chi connectivity index (χ1n) is 8.80. The van der Waals surface area contributed by atoms with Gasteiger partial charge in [-0.05, 0) is 62.7 Å². The average molecular weight is 434 g/mol. The SMILES string of the molecule is CC(=O)CC(C)(n1cncn1)C(C)(Sc1ccc(Cl)cc1)c1ccc(Cl)cc1. The first-order valence-corrected chi connectivity index (χ1v) is 10.4. The molecule has 2 aromatic carbocycles. The van der Waals surface area contributed by atoms with Crippen LogP contribution in [0.3, 0.4) is 0 Å². The van der Waals surface area contributed by atoms with Crippen molar-refractivity contribution in [2.45, 2.75) is 42.4 Å². The summed E-state index contributed by atoms with van der Waals surface area (Å²) in [7, 11) is 0. The quantitative estimate of drug-likeness (QED) is 0.429. The Bertz CT molecular complexity index is 945. The Morgan fingerprint density at radius 1 is 1.04 bits per heavy atom. The number of benzene rings is 2. The van der Waals surface area contributed by atoms with E-state index in [9.17, 15) is 4.79 Å². The van der Waals surface area contributed by atoms with E-state index in [4.69, 9.17) is 23.2 Å². The van der Waals surface area contributed by atoms with E-state index < -0.39 is 10.3 Å². The van der Waals surface area contributed by atoms with Gasteiger partial charge in [0.05, 0.1) is 10.3 Å². The molecule has 0 aliphatic heterocycles. The summed E-state index contributed by atoms with van der Waals surface area (Å²) in [5.41, 5.74) is 0.365. The summed E-state index contributed by atoms with van der Waals surface area (Å²) >= 11 is 13.9. The zero-order valence-electron chi connectivity index (χ0n) is 15.9. The molecule has 0 aliphatic rings. The minimum absolute atomic E-state index is 0.0786. The van der Waals surface area contributed by atoms with Gasteiger partial charge in [0.1, 0.15) is 18.4 Å². The first kappa shape index (κ1) is 20.9. The lowest BCUT2D eigenvalue weighted by Gasteiger charge is -2.46. The second-order valence-corrected chi connectivity index (χ2v) is 9.45. The monoisotopic (exact) mass is 433 g/mol. The Morgan fingerprint density at radius 2 is 1.61 bits per heavy atom. The number of carbonyl (C=O) groups is 1. The smallest absolute Gasteiger partial charge is 0.137 e. The standard InChI is InChI=1S/C21H21Cl2N3OS/c1-15(27)12-20(2,26-14-24-13-25-26)21(3,16-4-6-17(22)7-5-16)28-19-10-8-18(23)9-11-19/h4-11,13-14H,12H2,1-3H3. The van der Waals surface area contributed by atoms with Crippen molar-refractivity contribution in [2.75, 3.05) is 0 Å². The maximum atomic E-state index is 12.3. The number of thioether (sulfide) groups is 1. The Labute approximate surface area is 179 Å². The van der Waals surface area contributed by atoms with Crippen LogP contribution >= 0.6 is 35.0 Å². The van der Waals surface area contributed by atoms with Crippen LogP contribution < -0.4 is 0 Å². The molecule has 2 unspecified atom stereocenters. The molecule has 0 N–H and O–H groups in total. The molecule has 0 radical (unpaired) electrons. The second kappa shape index (κ2) is 8.27. The number of nitrogens with zero attached hydrogens (tertiary/aromatic N) is 3. The summed E-state index contributed by atoms with van der Waals surface area (Å²) in [5.74, 6) is 0.0786. The van der Waals surface area contributed by atoms with Gasteiger partial charge in [-0.25, -0.2) is 9.67 Å². The van der Waals surface area contributed by atoms with E-state index in [1.807, 2.05) is 55.5 Å². The van der Waals surface area contributed by atoms with Gasteiger partial charge < -0.3 is 0 Å². The van der Waals surface area contributed by atoms with Crippen LogP contribution in [0.2, 0.25) is 10.0 Å². The number of halogens is 2. The van der Waals surface area contributed by atoms with E-state index in [0.717, 1.165) is 10.5 Å². The molecule has 1 aromatic heterocycles. The van der Waals surface area contributed by atoms with Gasteiger partial charge in [0.15, 0.2) is 0 Å². The van der Waals surface area contributed by atoms with Gasteiger partial charge in [-0.3, -0.25) is 4.79 Å². The van der Waals surface area contributed by atoms with Crippen molar-refractivity contribution in [3.63, 3.8) is 0 Å². The molecule has 7 heteroatoms.